The molecule has 2 atom stereocenters. The van der Waals surface area contributed by atoms with Crippen LogP contribution >= 0.6 is 24.0 Å². The minimum Gasteiger partial charge on any atom is -0.393 e. The van der Waals surface area contributed by atoms with Crippen LogP contribution in [0.1, 0.15) is 38.7 Å². The molecule has 0 heterocycles. The second-order valence-corrected chi connectivity index (χ2v) is 6.04. The average Bonchev–Trinajstić information content (AvgIpc) is 2.35. The van der Waals surface area contributed by atoms with E-state index in [4.69, 9.17) is 18.0 Å². The maximum absolute atomic E-state index is 5.70. The molecule has 0 saturated heterocycles. The van der Waals surface area contributed by atoms with Crippen molar-refractivity contribution in [3.63, 3.8) is 0 Å². The number of hydrogen-bond acceptors (Lipinski definition) is 2. The van der Waals surface area contributed by atoms with Crippen molar-refractivity contribution >= 4 is 29.0 Å². The Hall–Kier alpha value is -0.540. The smallest absolute Gasteiger partial charge is 0.0761 e. The van der Waals surface area contributed by atoms with E-state index in [2.05, 4.69) is 45.0 Å². The van der Waals surface area contributed by atoms with E-state index in [0.717, 1.165) is 0 Å². The van der Waals surface area contributed by atoms with Gasteiger partial charge in [0.1, 0.15) is 0 Å². The van der Waals surface area contributed by atoms with Gasteiger partial charge in [-0.2, -0.15) is 0 Å². The fourth-order valence-electron chi connectivity index (χ4n) is 1.62. The molecule has 0 fully saturated rings. The Morgan fingerprint density at radius 3 is 2.35 bits per heavy atom. The van der Waals surface area contributed by atoms with E-state index in [1.807, 2.05) is 11.8 Å². The van der Waals surface area contributed by atoms with Gasteiger partial charge in [-0.25, -0.2) is 0 Å². The van der Waals surface area contributed by atoms with Crippen molar-refractivity contribution in [1.29, 1.82) is 0 Å². The molecule has 0 aromatic heterocycles. The third kappa shape index (κ3) is 4.32. The van der Waals surface area contributed by atoms with Crippen molar-refractivity contribution in [2.24, 2.45) is 11.7 Å². The monoisotopic (exact) mass is 267 g/mol. The van der Waals surface area contributed by atoms with Crippen molar-refractivity contribution in [3.05, 3.63) is 29.8 Å². The number of nitrogens with two attached hydrogens (primary N) is 1. The Bertz CT molecular complexity index is 359. The van der Waals surface area contributed by atoms with Crippen LogP contribution in [0.3, 0.4) is 0 Å². The number of hydrogen-bond donors (Lipinski definition) is 1. The minimum atomic E-state index is 0.249. The van der Waals surface area contributed by atoms with Crippen molar-refractivity contribution in [2.45, 2.75) is 38.0 Å². The molecule has 94 valence electrons. The molecule has 3 heteroatoms. The highest BCUT2D eigenvalue weighted by molar-refractivity contribution is 7.99. The Balaban J connectivity index is 2.69. The first kappa shape index (κ1) is 14.5. The van der Waals surface area contributed by atoms with Gasteiger partial charge < -0.3 is 5.73 Å². The van der Waals surface area contributed by atoms with E-state index >= 15 is 0 Å². The Kier molecular flexibility index (Phi) is 6.00. The van der Waals surface area contributed by atoms with Gasteiger partial charge in [0, 0.05) is 10.8 Å². The van der Waals surface area contributed by atoms with Gasteiger partial charge in [0.2, 0.25) is 0 Å². The molecule has 0 aliphatic rings. The van der Waals surface area contributed by atoms with Crippen molar-refractivity contribution in [2.75, 3.05) is 5.75 Å². The van der Waals surface area contributed by atoms with Crippen LogP contribution in [0.15, 0.2) is 29.2 Å². The molecule has 1 nitrogen and oxygen atoms in total. The van der Waals surface area contributed by atoms with Gasteiger partial charge in [-0.05, 0) is 35.8 Å². The van der Waals surface area contributed by atoms with Crippen LogP contribution in [0.25, 0.3) is 0 Å². The summed E-state index contributed by atoms with van der Waals surface area (Å²) in [5, 5.41) is 0. The molecule has 0 aliphatic carbocycles. The summed E-state index contributed by atoms with van der Waals surface area (Å²) in [4.78, 5) is 1.94. The summed E-state index contributed by atoms with van der Waals surface area (Å²) in [6, 6.07) is 8.77. The van der Waals surface area contributed by atoms with Gasteiger partial charge in [-0.3, -0.25) is 0 Å². The Morgan fingerprint density at radius 2 is 1.88 bits per heavy atom. The lowest BCUT2D eigenvalue weighted by molar-refractivity contribution is 0.626. The highest BCUT2D eigenvalue weighted by Gasteiger charge is 2.16. The van der Waals surface area contributed by atoms with Crippen LogP contribution in [-0.2, 0) is 0 Å². The van der Waals surface area contributed by atoms with Gasteiger partial charge in [-0.15, -0.1) is 11.8 Å². The molecule has 0 spiro atoms. The molecule has 0 saturated carbocycles. The summed E-state index contributed by atoms with van der Waals surface area (Å²) in [5.41, 5.74) is 7.01. The van der Waals surface area contributed by atoms with E-state index in [1.165, 1.54) is 22.6 Å². The van der Waals surface area contributed by atoms with Gasteiger partial charge in [0.05, 0.1) is 4.99 Å². The van der Waals surface area contributed by atoms with Crippen LogP contribution in [0.5, 0.6) is 0 Å². The molecule has 1 aromatic carbocycles. The van der Waals surface area contributed by atoms with Crippen LogP contribution < -0.4 is 5.73 Å². The molecule has 0 radical (unpaired) electrons. The highest BCUT2D eigenvalue weighted by Crippen LogP contribution is 2.27. The zero-order valence-corrected chi connectivity index (χ0v) is 12.4. The van der Waals surface area contributed by atoms with Gasteiger partial charge in [0.15, 0.2) is 0 Å². The first-order valence-corrected chi connectivity index (χ1v) is 7.47. The molecule has 0 amide bonds. The van der Waals surface area contributed by atoms with Crippen LogP contribution in [-0.4, -0.2) is 10.7 Å². The summed E-state index contributed by atoms with van der Waals surface area (Å²) >= 11 is 6.96. The number of benzene rings is 1. The Labute approximate surface area is 114 Å². The van der Waals surface area contributed by atoms with Crippen molar-refractivity contribution in [3.8, 4) is 0 Å². The summed E-state index contributed by atoms with van der Waals surface area (Å²) in [6.45, 7) is 6.47. The maximum Gasteiger partial charge on any atom is 0.0761 e. The maximum atomic E-state index is 5.70. The third-order valence-electron chi connectivity index (χ3n) is 3.08. The second kappa shape index (κ2) is 7.02. The molecule has 17 heavy (non-hydrogen) atoms. The van der Waals surface area contributed by atoms with E-state index in [0.29, 0.717) is 10.9 Å². The lowest BCUT2D eigenvalue weighted by atomic mass is 9.89. The fraction of sp³-hybridized carbons (Fsp3) is 0.500. The van der Waals surface area contributed by atoms with Gasteiger partial charge >= 0.3 is 0 Å². The molecule has 1 aromatic rings. The number of thiocarbonyl (C=S) groups is 1. The lowest BCUT2D eigenvalue weighted by Gasteiger charge is -2.19. The van der Waals surface area contributed by atoms with Crippen molar-refractivity contribution < 1.29 is 0 Å². The Morgan fingerprint density at radius 1 is 1.29 bits per heavy atom. The topological polar surface area (TPSA) is 26.0 Å². The standard InChI is InChI=1S/C14H21NS2/c1-4-9-17-13-7-5-12(6-8-13)10(2)11(3)14(15)16/h5-8,10-11H,4,9H2,1-3H3,(H2,15,16). The lowest BCUT2D eigenvalue weighted by Crippen LogP contribution is -2.23. The van der Waals surface area contributed by atoms with Gasteiger partial charge in [-0.1, -0.05) is 45.1 Å². The largest absolute Gasteiger partial charge is 0.393 e. The summed E-state index contributed by atoms with van der Waals surface area (Å²) in [6.07, 6.45) is 1.21. The predicted molar refractivity (Wildman–Crippen MR) is 81.8 cm³/mol. The van der Waals surface area contributed by atoms with Crippen LogP contribution in [0.4, 0.5) is 0 Å². The first-order chi connectivity index (χ1) is 8.06. The van der Waals surface area contributed by atoms with E-state index < -0.39 is 0 Å². The van der Waals surface area contributed by atoms with Crippen molar-refractivity contribution in [1.82, 2.24) is 0 Å². The van der Waals surface area contributed by atoms with E-state index in [-0.39, 0.29) is 5.92 Å². The molecule has 1 rings (SSSR count). The summed E-state index contributed by atoms with van der Waals surface area (Å²) < 4.78 is 0. The molecule has 0 aliphatic heterocycles. The summed E-state index contributed by atoms with van der Waals surface area (Å²) in [5.74, 6) is 1.81. The zero-order chi connectivity index (χ0) is 12.8. The van der Waals surface area contributed by atoms with Gasteiger partial charge in [0.25, 0.3) is 0 Å². The second-order valence-electron chi connectivity index (χ2n) is 4.40. The third-order valence-corrected chi connectivity index (χ3v) is 4.67. The minimum absolute atomic E-state index is 0.249. The fourth-order valence-corrected chi connectivity index (χ4v) is 2.60. The normalized spacial score (nSPS) is 14.3. The zero-order valence-electron chi connectivity index (χ0n) is 10.8. The molecular weight excluding hydrogens is 246 g/mol. The van der Waals surface area contributed by atoms with E-state index in [9.17, 15) is 0 Å². The highest BCUT2D eigenvalue weighted by atomic mass is 32.2. The summed E-state index contributed by atoms with van der Waals surface area (Å²) in [7, 11) is 0. The number of thioether (sulfide) groups is 1. The number of rotatable bonds is 6. The van der Waals surface area contributed by atoms with E-state index in [1.54, 1.807) is 0 Å². The van der Waals surface area contributed by atoms with Crippen LogP contribution in [0, 0.1) is 5.92 Å². The predicted octanol–water partition coefficient (Wildman–Crippen LogP) is 4.21. The molecular formula is C14H21NS2. The molecule has 2 unspecified atom stereocenters. The average molecular weight is 267 g/mol. The quantitative estimate of drug-likeness (QED) is 0.617. The first-order valence-electron chi connectivity index (χ1n) is 6.08. The SMILES string of the molecule is CCCSc1ccc(C(C)C(C)C(N)=S)cc1. The molecule has 0 bridgehead atoms. The van der Waals surface area contributed by atoms with Crippen LogP contribution in [0.2, 0.25) is 0 Å². The molecule has 2 N–H and O–H groups in total.